The second-order valence-electron chi connectivity index (χ2n) is 7.69. The first-order valence-corrected chi connectivity index (χ1v) is 9.38. The van der Waals surface area contributed by atoms with Crippen LogP contribution in [-0.2, 0) is 6.54 Å². The lowest BCUT2D eigenvalue weighted by atomic mass is 9.93. The highest BCUT2D eigenvalue weighted by Crippen LogP contribution is 2.46. The van der Waals surface area contributed by atoms with Crippen molar-refractivity contribution in [2.75, 3.05) is 26.2 Å². The first-order valence-electron chi connectivity index (χ1n) is 9.38. The van der Waals surface area contributed by atoms with Crippen LogP contribution in [-0.4, -0.2) is 53.0 Å². The van der Waals surface area contributed by atoms with Crippen LogP contribution in [0.4, 0.5) is 4.79 Å². The van der Waals surface area contributed by atoms with Crippen LogP contribution >= 0.6 is 0 Å². The van der Waals surface area contributed by atoms with Crippen LogP contribution in [0.25, 0.3) is 0 Å². The van der Waals surface area contributed by atoms with Gasteiger partial charge in [0.05, 0.1) is 12.2 Å². The summed E-state index contributed by atoms with van der Waals surface area (Å²) in [5.41, 5.74) is 2.07. The summed E-state index contributed by atoms with van der Waals surface area (Å²) in [6.45, 7) is 6.30. The standard InChI is InChI=1S/C19H28N4O/c1-14-3-2-6-20-17(14)13-21-19(24)23-9-7-22(8-10-23)18-12-15-4-5-16(18)11-15/h2-3,6,15-16,18H,4-5,7-13H2,1H3,(H,21,24). The zero-order chi connectivity index (χ0) is 16.5. The van der Waals surface area contributed by atoms with Gasteiger partial charge in [-0.15, -0.1) is 0 Å². The number of aromatic nitrogens is 1. The number of fused-ring (bicyclic) bond motifs is 2. The molecule has 0 aromatic carbocycles. The van der Waals surface area contributed by atoms with E-state index in [4.69, 9.17) is 0 Å². The zero-order valence-electron chi connectivity index (χ0n) is 14.6. The zero-order valence-corrected chi connectivity index (χ0v) is 14.6. The van der Waals surface area contributed by atoms with Crippen molar-refractivity contribution >= 4 is 6.03 Å². The molecule has 5 heteroatoms. The molecule has 2 amide bonds. The SMILES string of the molecule is Cc1cccnc1CNC(=O)N1CCN(C2CC3CCC2C3)CC1. The molecule has 0 spiro atoms. The summed E-state index contributed by atoms with van der Waals surface area (Å²) < 4.78 is 0. The lowest BCUT2D eigenvalue weighted by molar-refractivity contribution is 0.0826. The number of piperazine rings is 1. The smallest absolute Gasteiger partial charge is 0.317 e. The molecule has 1 aromatic rings. The van der Waals surface area contributed by atoms with Gasteiger partial charge in [-0.1, -0.05) is 12.5 Å². The number of pyridine rings is 1. The molecule has 1 aromatic heterocycles. The molecule has 2 bridgehead atoms. The maximum atomic E-state index is 12.4. The van der Waals surface area contributed by atoms with Crippen molar-refractivity contribution in [3.8, 4) is 0 Å². The normalized spacial score (nSPS) is 29.9. The van der Waals surface area contributed by atoms with Gasteiger partial charge in [-0.3, -0.25) is 9.88 Å². The molecule has 2 aliphatic carbocycles. The van der Waals surface area contributed by atoms with Gasteiger partial charge in [-0.25, -0.2) is 4.79 Å². The fourth-order valence-electron chi connectivity index (χ4n) is 4.89. The van der Waals surface area contributed by atoms with E-state index in [9.17, 15) is 4.79 Å². The van der Waals surface area contributed by atoms with E-state index in [0.717, 1.165) is 55.3 Å². The fraction of sp³-hybridized carbons (Fsp3) is 0.684. The third-order valence-corrected chi connectivity index (χ3v) is 6.30. The van der Waals surface area contributed by atoms with E-state index in [1.807, 2.05) is 24.0 Å². The van der Waals surface area contributed by atoms with Crippen molar-refractivity contribution in [2.24, 2.45) is 11.8 Å². The van der Waals surface area contributed by atoms with Gasteiger partial charge in [0.2, 0.25) is 0 Å². The molecule has 130 valence electrons. The summed E-state index contributed by atoms with van der Waals surface area (Å²) in [5.74, 6) is 1.92. The van der Waals surface area contributed by atoms with E-state index in [1.54, 1.807) is 6.20 Å². The number of hydrogen-bond acceptors (Lipinski definition) is 3. The quantitative estimate of drug-likeness (QED) is 0.927. The van der Waals surface area contributed by atoms with Crippen molar-refractivity contribution in [2.45, 2.75) is 45.2 Å². The molecule has 3 atom stereocenters. The summed E-state index contributed by atoms with van der Waals surface area (Å²) in [4.78, 5) is 21.4. The van der Waals surface area contributed by atoms with E-state index >= 15 is 0 Å². The molecular weight excluding hydrogens is 300 g/mol. The minimum atomic E-state index is 0.0487. The van der Waals surface area contributed by atoms with Crippen LogP contribution in [0, 0.1) is 18.8 Å². The summed E-state index contributed by atoms with van der Waals surface area (Å²) in [6.07, 6.45) is 7.52. The monoisotopic (exact) mass is 328 g/mol. The summed E-state index contributed by atoms with van der Waals surface area (Å²) >= 11 is 0. The highest BCUT2D eigenvalue weighted by Gasteiger charge is 2.42. The number of rotatable bonds is 3. The van der Waals surface area contributed by atoms with Crippen molar-refractivity contribution in [1.29, 1.82) is 0 Å². The Bertz CT molecular complexity index is 597. The van der Waals surface area contributed by atoms with Gasteiger partial charge in [-0.2, -0.15) is 0 Å². The predicted octanol–water partition coefficient (Wildman–Crippen LogP) is 2.41. The maximum Gasteiger partial charge on any atom is 0.317 e. The summed E-state index contributed by atoms with van der Waals surface area (Å²) in [6, 6.07) is 4.80. The molecule has 3 unspecified atom stereocenters. The van der Waals surface area contributed by atoms with E-state index < -0.39 is 0 Å². The van der Waals surface area contributed by atoms with Gasteiger partial charge in [0.15, 0.2) is 0 Å². The molecule has 1 N–H and O–H groups in total. The Balaban J connectivity index is 1.25. The molecule has 1 aliphatic heterocycles. The van der Waals surface area contributed by atoms with E-state index in [-0.39, 0.29) is 6.03 Å². The Kier molecular flexibility index (Phi) is 4.44. The average molecular weight is 328 g/mol. The Morgan fingerprint density at radius 1 is 1.25 bits per heavy atom. The summed E-state index contributed by atoms with van der Waals surface area (Å²) in [7, 11) is 0. The molecule has 3 aliphatic rings. The van der Waals surface area contributed by atoms with Crippen LogP contribution < -0.4 is 5.32 Å². The Morgan fingerprint density at radius 2 is 2.08 bits per heavy atom. The lowest BCUT2D eigenvalue weighted by Crippen LogP contribution is -2.55. The largest absolute Gasteiger partial charge is 0.332 e. The van der Waals surface area contributed by atoms with Gasteiger partial charge < -0.3 is 10.2 Å². The number of nitrogens with zero attached hydrogens (tertiary/aromatic N) is 3. The fourth-order valence-corrected chi connectivity index (χ4v) is 4.89. The van der Waals surface area contributed by atoms with E-state index in [0.29, 0.717) is 6.54 Å². The second-order valence-corrected chi connectivity index (χ2v) is 7.69. The van der Waals surface area contributed by atoms with Gasteiger partial charge >= 0.3 is 6.03 Å². The number of hydrogen-bond donors (Lipinski definition) is 1. The van der Waals surface area contributed by atoms with Gasteiger partial charge in [0, 0.05) is 38.4 Å². The maximum absolute atomic E-state index is 12.4. The summed E-state index contributed by atoms with van der Waals surface area (Å²) in [5, 5.41) is 3.03. The van der Waals surface area contributed by atoms with Crippen LogP contribution in [0.2, 0.25) is 0 Å². The highest BCUT2D eigenvalue weighted by atomic mass is 16.2. The van der Waals surface area contributed by atoms with Crippen LogP contribution in [0.3, 0.4) is 0 Å². The number of carbonyl (C=O) groups excluding carboxylic acids is 1. The molecule has 4 rings (SSSR count). The topological polar surface area (TPSA) is 48.5 Å². The van der Waals surface area contributed by atoms with Crippen molar-refractivity contribution in [1.82, 2.24) is 20.1 Å². The average Bonchev–Trinajstić information content (AvgIpc) is 3.24. The Labute approximate surface area is 144 Å². The number of aryl methyl sites for hydroxylation is 1. The molecular formula is C19H28N4O. The van der Waals surface area contributed by atoms with Crippen LogP contribution in [0.15, 0.2) is 18.3 Å². The van der Waals surface area contributed by atoms with Gasteiger partial charge in [0.1, 0.15) is 0 Å². The third kappa shape index (κ3) is 3.14. The third-order valence-electron chi connectivity index (χ3n) is 6.30. The molecule has 1 saturated heterocycles. The minimum absolute atomic E-state index is 0.0487. The van der Waals surface area contributed by atoms with Crippen LogP contribution in [0.5, 0.6) is 0 Å². The highest BCUT2D eigenvalue weighted by molar-refractivity contribution is 5.74. The Morgan fingerprint density at radius 3 is 2.75 bits per heavy atom. The molecule has 5 nitrogen and oxygen atoms in total. The van der Waals surface area contributed by atoms with Crippen molar-refractivity contribution in [3.05, 3.63) is 29.6 Å². The number of carbonyl (C=O) groups is 1. The van der Waals surface area contributed by atoms with Crippen LogP contribution in [0.1, 0.15) is 36.9 Å². The van der Waals surface area contributed by atoms with E-state index in [2.05, 4.69) is 15.2 Å². The van der Waals surface area contributed by atoms with Gasteiger partial charge in [0.25, 0.3) is 0 Å². The number of nitrogens with one attached hydrogen (secondary N) is 1. The van der Waals surface area contributed by atoms with Crippen molar-refractivity contribution in [3.63, 3.8) is 0 Å². The van der Waals surface area contributed by atoms with Crippen molar-refractivity contribution < 1.29 is 4.79 Å². The molecule has 2 heterocycles. The first kappa shape index (κ1) is 15.9. The predicted molar refractivity (Wildman–Crippen MR) is 93.6 cm³/mol. The minimum Gasteiger partial charge on any atom is -0.332 e. The first-order chi connectivity index (χ1) is 11.7. The molecule has 0 radical (unpaired) electrons. The van der Waals surface area contributed by atoms with E-state index in [1.165, 1.54) is 25.7 Å². The number of amides is 2. The lowest BCUT2D eigenvalue weighted by Gasteiger charge is -2.40. The molecule has 3 fully saturated rings. The molecule has 2 saturated carbocycles. The molecule has 24 heavy (non-hydrogen) atoms. The Hall–Kier alpha value is -1.62. The van der Waals surface area contributed by atoms with Gasteiger partial charge in [-0.05, 0) is 49.7 Å². The second kappa shape index (κ2) is 6.71. The number of urea groups is 1.